The van der Waals surface area contributed by atoms with Gasteiger partial charge < -0.3 is 10.6 Å². The minimum Gasteiger partial charge on any atom is -0.354 e. The molecule has 1 aliphatic rings. The van der Waals surface area contributed by atoms with Gasteiger partial charge in [0, 0.05) is 29.8 Å². The summed E-state index contributed by atoms with van der Waals surface area (Å²) in [5.41, 5.74) is 6.09. The molecule has 0 amide bonds. The molecule has 2 heterocycles. The van der Waals surface area contributed by atoms with Gasteiger partial charge in [0.25, 0.3) is 0 Å². The molecule has 0 aromatic carbocycles. The van der Waals surface area contributed by atoms with Crippen LogP contribution in [0.4, 0.5) is 5.82 Å². The Bertz CT molecular complexity index is 383. The molecule has 2 atom stereocenters. The lowest BCUT2D eigenvalue weighted by atomic mass is 9.94. The van der Waals surface area contributed by atoms with Gasteiger partial charge in [-0.25, -0.2) is 4.98 Å². The van der Waals surface area contributed by atoms with Crippen LogP contribution in [0.3, 0.4) is 0 Å². The number of rotatable bonds is 1. The molecule has 16 heavy (non-hydrogen) atoms. The standard InChI is InChI=1S/C11H15Br2N3/c1-7-2-3-16(6-10(7)14)11-9(13)4-8(12)5-15-11/h4-5,7,10H,2-3,6,14H2,1H3. The Kier molecular flexibility index (Phi) is 3.87. The van der Waals surface area contributed by atoms with E-state index in [-0.39, 0.29) is 6.04 Å². The highest BCUT2D eigenvalue weighted by Crippen LogP contribution is 2.29. The van der Waals surface area contributed by atoms with Gasteiger partial charge >= 0.3 is 0 Å². The summed E-state index contributed by atoms with van der Waals surface area (Å²) >= 11 is 6.95. The minimum atomic E-state index is 0.242. The summed E-state index contributed by atoms with van der Waals surface area (Å²) in [6.07, 6.45) is 2.95. The van der Waals surface area contributed by atoms with E-state index in [0.717, 1.165) is 34.3 Å². The Balaban J connectivity index is 2.18. The van der Waals surface area contributed by atoms with Gasteiger partial charge in [0.15, 0.2) is 0 Å². The van der Waals surface area contributed by atoms with Crippen LogP contribution < -0.4 is 10.6 Å². The zero-order valence-corrected chi connectivity index (χ0v) is 12.3. The van der Waals surface area contributed by atoms with E-state index in [2.05, 4.69) is 48.7 Å². The van der Waals surface area contributed by atoms with Crippen LogP contribution in [0.1, 0.15) is 13.3 Å². The zero-order chi connectivity index (χ0) is 11.7. The third kappa shape index (κ3) is 2.57. The van der Waals surface area contributed by atoms with Crippen molar-refractivity contribution in [1.29, 1.82) is 0 Å². The maximum absolute atomic E-state index is 6.09. The van der Waals surface area contributed by atoms with Crippen LogP contribution in [-0.4, -0.2) is 24.1 Å². The molecule has 0 bridgehead atoms. The molecule has 1 aromatic rings. The summed E-state index contributed by atoms with van der Waals surface area (Å²) in [7, 11) is 0. The van der Waals surface area contributed by atoms with Gasteiger partial charge in [-0.15, -0.1) is 0 Å². The molecule has 2 rings (SSSR count). The van der Waals surface area contributed by atoms with E-state index in [4.69, 9.17) is 5.73 Å². The van der Waals surface area contributed by atoms with Crippen molar-refractivity contribution >= 4 is 37.7 Å². The molecular weight excluding hydrogens is 334 g/mol. The first-order chi connectivity index (χ1) is 7.58. The predicted octanol–water partition coefficient (Wildman–Crippen LogP) is 2.78. The first-order valence-electron chi connectivity index (χ1n) is 5.39. The maximum Gasteiger partial charge on any atom is 0.142 e. The molecule has 2 unspecified atom stereocenters. The average Bonchev–Trinajstić information content (AvgIpc) is 2.22. The van der Waals surface area contributed by atoms with Crippen molar-refractivity contribution in [2.24, 2.45) is 11.7 Å². The Morgan fingerprint density at radius 3 is 2.88 bits per heavy atom. The van der Waals surface area contributed by atoms with Crippen LogP contribution in [0.25, 0.3) is 0 Å². The summed E-state index contributed by atoms with van der Waals surface area (Å²) in [5, 5.41) is 0. The van der Waals surface area contributed by atoms with Crippen molar-refractivity contribution < 1.29 is 0 Å². The molecular formula is C11H15Br2N3. The van der Waals surface area contributed by atoms with E-state index in [9.17, 15) is 0 Å². The van der Waals surface area contributed by atoms with Gasteiger partial charge in [-0.1, -0.05) is 6.92 Å². The van der Waals surface area contributed by atoms with Crippen molar-refractivity contribution in [2.45, 2.75) is 19.4 Å². The van der Waals surface area contributed by atoms with E-state index >= 15 is 0 Å². The second-order valence-electron chi connectivity index (χ2n) is 4.33. The lowest BCUT2D eigenvalue weighted by molar-refractivity contribution is 0.377. The van der Waals surface area contributed by atoms with Crippen LogP contribution in [-0.2, 0) is 0 Å². The number of hydrogen-bond acceptors (Lipinski definition) is 3. The first-order valence-corrected chi connectivity index (χ1v) is 6.98. The maximum atomic E-state index is 6.09. The molecule has 5 heteroatoms. The summed E-state index contributed by atoms with van der Waals surface area (Å²) < 4.78 is 2.00. The van der Waals surface area contributed by atoms with E-state index in [1.807, 2.05) is 12.3 Å². The van der Waals surface area contributed by atoms with Crippen LogP contribution in [0.5, 0.6) is 0 Å². The smallest absolute Gasteiger partial charge is 0.142 e. The molecule has 0 spiro atoms. The van der Waals surface area contributed by atoms with Gasteiger partial charge in [-0.2, -0.15) is 0 Å². The lowest BCUT2D eigenvalue weighted by Gasteiger charge is -2.36. The molecule has 0 aliphatic carbocycles. The summed E-state index contributed by atoms with van der Waals surface area (Å²) in [5.74, 6) is 1.59. The number of aromatic nitrogens is 1. The Morgan fingerprint density at radius 1 is 1.50 bits per heavy atom. The highest BCUT2D eigenvalue weighted by Gasteiger charge is 2.24. The number of pyridine rings is 1. The summed E-state index contributed by atoms with van der Waals surface area (Å²) in [6, 6.07) is 2.26. The fourth-order valence-corrected chi connectivity index (χ4v) is 3.17. The first kappa shape index (κ1) is 12.3. The Morgan fingerprint density at radius 2 is 2.25 bits per heavy atom. The Labute approximate surface area is 113 Å². The summed E-state index contributed by atoms with van der Waals surface area (Å²) in [6.45, 7) is 4.13. The largest absolute Gasteiger partial charge is 0.354 e. The van der Waals surface area contributed by atoms with E-state index in [1.165, 1.54) is 0 Å². The molecule has 0 radical (unpaired) electrons. The predicted molar refractivity (Wildman–Crippen MR) is 73.6 cm³/mol. The normalized spacial score (nSPS) is 25.9. The quantitative estimate of drug-likeness (QED) is 0.848. The molecule has 1 aromatic heterocycles. The molecule has 1 saturated heterocycles. The van der Waals surface area contributed by atoms with Crippen LogP contribution >= 0.6 is 31.9 Å². The zero-order valence-electron chi connectivity index (χ0n) is 9.16. The van der Waals surface area contributed by atoms with Gasteiger partial charge in [-0.05, 0) is 50.3 Å². The van der Waals surface area contributed by atoms with Crippen LogP contribution in [0, 0.1) is 5.92 Å². The summed E-state index contributed by atoms with van der Waals surface area (Å²) in [4.78, 5) is 6.69. The highest BCUT2D eigenvalue weighted by molar-refractivity contribution is 9.11. The van der Waals surface area contributed by atoms with Crippen molar-refractivity contribution in [3.05, 3.63) is 21.2 Å². The number of hydrogen-bond donors (Lipinski definition) is 1. The molecule has 0 saturated carbocycles. The van der Waals surface area contributed by atoms with Gasteiger partial charge in [0.05, 0.1) is 4.47 Å². The fourth-order valence-electron chi connectivity index (χ4n) is 1.93. The van der Waals surface area contributed by atoms with E-state index in [0.29, 0.717) is 5.92 Å². The van der Waals surface area contributed by atoms with E-state index < -0.39 is 0 Å². The van der Waals surface area contributed by atoms with Gasteiger partial charge in [0.1, 0.15) is 5.82 Å². The lowest BCUT2D eigenvalue weighted by Crippen LogP contribution is -2.48. The number of piperidine rings is 1. The van der Waals surface area contributed by atoms with Gasteiger partial charge in [-0.3, -0.25) is 0 Å². The third-order valence-electron chi connectivity index (χ3n) is 3.10. The van der Waals surface area contributed by atoms with Gasteiger partial charge in [0.2, 0.25) is 0 Å². The number of nitrogens with two attached hydrogens (primary N) is 1. The van der Waals surface area contributed by atoms with Crippen molar-refractivity contribution in [2.75, 3.05) is 18.0 Å². The molecule has 88 valence electrons. The van der Waals surface area contributed by atoms with Crippen LogP contribution in [0.2, 0.25) is 0 Å². The number of anilines is 1. The van der Waals surface area contributed by atoms with Crippen LogP contribution in [0.15, 0.2) is 21.2 Å². The topological polar surface area (TPSA) is 42.2 Å². The average molecular weight is 349 g/mol. The van der Waals surface area contributed by atoms with E-state index in [1.54, 1.807) is 0 Å². The molecule has 1 aliphatic heterocycles. The Hall–Kier alpha value is -0.130. The highest BCUT2D eigenvalue weighted by atomic mass is 79.9. The molecule has 1 fully saturated rings. The van der Waals surface area contributed by atoms with Crippen molar-refractivity contribution in [3.63, 3.8) is 0 Å². The number of halogens is 2. The fraction of sp³-hybridized carbons (Fsp3) is 0.545. The number of nitrogens with zero attached hydrogens (tertiary/aromatic N) is 2. The second-order valence-corrected chi connectivity index (χ2v) is 6.10. The molecule has 2 N–H and O–H groups in total. The monoisotopic (exact) mass is 347 g/mol. The third-order valence-corrected chi connectivity index (χ3v) is 4.12. The van der Waals surface area contributed by atoms with Crippen molar-refractivity contribution in [3.8, 4) is 0 Å². The second kappa shape index (κ2) is 5.02. The SMILES string of the molecule is CC1CCN(c2ncc(Br)cc2Br)CC1N. The van der Waals surface area contributed by atoms with Crippen molar-refractivity contribution in [1.82, 2.24) is 4.98 Å². The minimum absolute atomic E-state index is 0.242. The molecule has 3 nitrogen and oxygen atoms in total.